The molecule has 4 N–H and O–H groups in total. The number of nitrogens with one attached hydrogen (secondary N) is 1. The van der Waals surface area contributed by atoms with Gasteiger partial charge in [-0.1, -0.05) is 19.9 Å². The molecule has 20 heavy (non-hydrogen) atoms. The Morgan fingerprint density at radius 1 is 1.40 bits per heavy atom. The lowest BCUT2D eigenvalue weighted by Crippen LogP contribution is -2.31. The molecule has 110 valence electrons. The molecule has 0 heterocycles. The molecule has 1 amide bonds. The van der Waals surface area contributed by atoms with Gasteiger partial charge in [0, 0.05) is 24.2 Å². The van der Waals surface area contributed by atoms with Gasteiger partial charge < -0.3 is 20.9 Å². The van der Waals surface area contributed by atoms with Gasteiger partial charge >= 0.3 is 5.97 Å². The van der Waals surface area contributed by atoms with Crippen molar-refractivity contribution in [3.05, 3.63) is 24.3 Å². The maximum atomic E-state index is 11.8. The van der Waals surface area contributed by atoms with E-state index in [0.717, 1.165) is 0 Å². The minimum absolute atomic E-state index is 0.179. The number of aliphatic carboxylic acids is 1. The van der Waals surface area contributed by atoms with E-state index < -0.39 is 12.6 Å². The molecule has 0 spiro atoms. The Kier molecular flexibility index (Phi) is 5.99. The molecule has 0 saturated heterocycles. The maximum absolute atomic E-state index is 11.8. The van der Waals surface area contributed by atoms with Crippen LogP contribution in [-0.4, -0.2) is 29.6 Å². The summed E-state index contributed by atoms with van der Waals surface area (Å²) in [5, 5.41) is 11.2. The third-order valence-electron chi connectivity index (χ3n) is 2.76. The Balaban J connectivity index is 2.57. The van der Waals surface area contributed by atoms with Gasteiger partial charge in [-0.25, -0.2) is 4.79 Å². The largest absolute Gasteiger partial charge is 0.482 e. The molecule has 1 rings (SSSR count). The highest BCUT2D eigenvalue weighted by Gasteiger charge is 2.13. The number of amides is 1. The number of hydrogen-bond donors (Lipinski definition) is 3. The van der Waals surface area contributed by atoms with Crippen LogP contribution in [0.15, 0.2) is 24.3 Å². The monoisotopic (exact) mass is 280 g/mol. The van der Waals surface area contributed by atoms with Gasteiger partial charge in [0.25, 0.3) is 0 Å². The second kappa shape index (κ2) is 7.49. The summed E-state index contributed by atoms with van der Waals surface area (Å²) < 4.78 is 5.03. The van der Waals surface area contributed by atoms with E-state index in [2.05, 4.69) is 5.32 Å². The lowest BCUT2D eigenvalue weighted by molar-refractivity contribution is -0.139. The van der Waals surface area contributed by atoms with Crippen molar-refractivity contribution < 1.29 is 19.4 Å². The van der Waals surface area contributed by atoms with Gasteiger partial charge in [-0.2, -0.15) is 0 Å². The van der Waals surface area contributed by atoms with E-state index >= 15 is 0 Å². The van der Waals surface area contributed by atoms with Crippen LogP contribution < -0.4 is 15.8 Å². The number of carboxylic acids is 1. The second-order valence-electron chi connectivity index (χ2n) is 4.87. The van der Waals surface area contributed by atoms with E-state index in [-0.39, 0.29) is 24.3 Å². The average Bonchev–Trinajstić information content (AvgIpc) is 2.36. The highest BCUT2D eigenvalue weighted by Crippen LogP contribution is 2.17. The van der Waals surface area contributed by atoms with Crippen LogP contribution in [0.2, 0.25) is 0 Å². The van der Waals surface area contributed by atoms with E-state index in [1.165, 1.54) is 0 Å². The highest BCUT2D eigenvalue weighted by atomic mass is 16.5. The normalized spacial score (nSPS) is 12.0. The van der Waals surface area contributed by atoms with Crippen molar-refractivity contribution in [3.63, 3.8) is 0 Å². The molecule has 6 nitrogen and oxygen atoms in total. The SMILES string of the molecule is CC(C)C(N)CC(=O)Nc1cccc(OCC(=O)O)c1. The van der Waals surface area contributed by atoms with Crippen LogP contribution in [0.25, 0.3) is 0 Å². The van der Waals surface area contributed by atoms with Gasteiger partial charge in [0.2, 0.25) is 5.91 Å². The predicted molar refractivity (Wildman–Crippen MR) is 75.6 cm³/mol. The third kappa shape index (κ3) is 5.71. The van der Waals surface area contributed by atoms with Gasteiger partial charge in [-0.15, -0.1) is 0 Å². The fourth-order valence-electron chi connectivity index (χ4n) is 1.47. The molecule has 1 aromatic rings. The number of hydrogen-bond acceptors (Lipinski definition) is 4. The Morgan fingerprint density at radius 2 is 2.10 bits per heavy atom. The van der Waals surface area contributed by atoms with Crippen LogP contribution in [0.3, 0.4) is 0 Å². The van der Waals surface area contributed by atoms with Crippen molar-refractivity contribution >= 4 is 17.6 Å². The molecule has 0 bridgehead atoms. The lowest BCUT2D eigenvalue weighted by atomic mass is 10.0. The van der Waals surface area contributed by atoms with Crippen molar-refractivity contribution in [2.45, 2.75) is 26.3 Å². The number of carboxylic acid groups (broad SMARTS) is 1. The molecule has 0 aliphatic heterocycles. The highest BCUT2D eigenvalue weighted by molar-refractivity contribution is 5.91. The molecule has 1 atom stereocenters. The molecule has 0 radical (unpaired) electrons. The zero-order valence-corrected chi connectivity index (χ0v) is 11.6. The van der Waals surface area contributed by atoms with E-state index in [1.54, 1.807) is 24.3 Å². The standard InChI is InChI=1S/C14H20N2O4/c1-9(2)12(15)7-13(17)16-10-4-3-5-11(6-10)20-8-14(18)19/h3-6,9,12H,7-8,15H2,1-2H3,(H,16,17)(H,18,19). The number of nitrogens with two attached hydrogens (primary N) is 1. The maximum Gasteiger partial charge on any atom is 0.341 e. The first-order valence-electron chi connectivity index (χ1n) is 6.38. The van der Waals surface area contributed by atoms with E-state index in [4.69, 9.17) is 15.6 Å². The number of ether oxygens (including phenoxy) is 1. The van der Waals surface area contributed by atoms with Crippen molar-refractivity contribution in [2.24, 2.45) is 11.7 Å². The Bertz CT molecular complexity index is 474. The van der Waals surface area contributed by atoms with Crippen molar-refractivity contribution in [3.8, 4) is 5.75 Å². The summed E-state index contributed by atoms with van der Waals surface area (Å²) in [7, 11) is 0. The van der Waals surface area contributed by atoms with Crippen LogP contribution in [0.5, 0.6) is 5.75 Å². The number of carbonyl (C=O) groups is 2. The van der Waals surface area contributed by atoms with Gasteiger partial charge in [-0.05, 0) is 18.1 Å². The predicted octanol–water partition coefficient (Wildman–Crippen LogP) is 1.46. The second-order valence-corrected chi connectivity index (χ2v) is 4.87. The Hall–Kier alpha value is -2.08. The number of anilines is 1. The van der Waals surface area contributed by atoms with Crippen LogP contribution >= 0.6 is 0 Å². The van der Waals surface area contributed by atoms with Crippen LogP contribution in [0, 0.1) is 5.92 Å². The molecule has 1 aromatic carbocycles. The number of benzene rings is 1. The Morgan fingerprint density at radius 3 is 2.70 bits per heavy atom. The van der Waals surface area contributed by atoms with E-state index in [0.29, 0.717) is 11.4 Å². The fraction of sp³-hybridized carbons (Fsp3) is 0.429. The summed E-state index contributed by atoms with van der Waals surface area (Å²) in [6.07, 6.45) is 0.234. The summed E-state index contributed by atoms with van der Waals surface area (Å²) >= 11 is 0. The first-order valence-corrected chi connectivity index (χ1v) is 6.38. The zero-order valence-electron chi connectivity index (χ0n) is 11.6. The summed E-state index contributed by atoms with van der Waals surface area (Å²) in [6, 6.07) is 6.38. The average molecular weight is 280 g/mol. The van der Waals surface area contributed by atoms with Crippen molar-refractivity contribution in [2.75, 3.05) is 11.9 Å². The lowest BCUT2D eigenvalue weighted by Gasteiger charge is -2.15. The molecule has 0 saturated carbocycles. The first-order chi connectivity index (χ1) is 9.38. The number of rotatable bonds is 7. The fourth-order valence-corrected chi connectivity index (χ4v) is 1.47. The molecule has 0 aromatic heterocycles. The van der Waals surface area contributed by atoms with Crippen LogP contribution in [0.4, 0.5) is 5.69 Å². The van der Waals surface area contributed by atoms with Crippen molar-refractivity contribution in [1.82, 2.24) is 0 Å². The van der Waals surface area contributed by atoms with E-state index in [1.807, 2.05) is 13.8 Å². The minimum atomic E-state index is -1.05. The summed E-state index contributed by atoms with van der Waals surface area (Å²) in [5.74, 6) is -0.617. The summed E-state index contributed by atoms with van der Waals surface area (Å²) in [6.45, 7) is 3.49. The smallest absolute Gasteiger partial charge is 0.341 e. The van der Waals surface area contributed by atoms with Gasteiger partial charge in [-0.3, -0.25) is 4.79 Å². The first kappa shape index (κ1) is 16.0. The van der Waals surface area contributed by atoms with Gasteiger partial charge in [0.15, 0.2) is 6.61 Å². The molecule has 0 fully saturated rings. The zero-order chi connectivity index (χ0) is 15.1. The van der Waals surface area contributed by atoms with Gasteiger partial charge in [0.05, 0.1) is 0 Å². The Labute approximate surface area is 117 Å². The molecule has 0 aliphatic carbocycles. The molecule has 0 aliphatic rings. The molecular formula is C14H20N2O4. The third-order valence-corrected chi connectivity index (χ3v) is 2.76. The summed E-state index contributed by atoms with van der Waals surface area (Å²) in [5.41, 5.74) is 6.38. The molecular weight excluding hydrogens is 260 g/mol. The summed E-state index contributed by atoms with van der Waals surface area (Å²) in [4.78, 5) is 22.2. The van der Waals surface area contributed by atoms with Crippen LogP contribution in [0.1, 0.15) is 20.3 Å². The minimum Gasteiger partial charge on any atom is -0.482 e. The molecule has 1 unspecified atom stereocenters. The number of carbonyl (C=O) groups excluding carboxylic acids is 1. The van der Waals surface area contributed by atoms with E-state index in [9.17, 15) is 9.59 Å². The molecule has 6 heteroatoms. The van der Waals surface area contributed by atoms with Crippen molar-refractivity contribution in [1.29, 1.82) is 0 Å². The van der Waals surface area contributed by atoms with Crippen LogP contribution in [-0.2, 0) is 9.59 Å². The van der Waals surface area contributed by atoms with Gasteiger partial charge in [0.1, 0.15) is 5.75 Å². The topological polar surface area (TPSA) is 102 Å². The quantitative estimate of drug-likeness (QED) is 0.702.